The Balaban J connectivity index is 1.53. The Hall–Kier alpha value is -2.13. The number of ether oxygens (including phenoxy) is 1. The zero-order valence-corrected chi connectivity index (χ0v) is 13.3. The van der Waals surface area contributed by atoms with Gasteiger partial charge in [-0.2, -0.15) is 0 Å². The molecule has 3 heteroatoms. The molecule has 1 aliphatic heterocycles. The maximum Gasteiger partial charge on any atom is 0.223 e. The topological polar surface area (TPSA) is 38.3 Å². The van der Waals surface area contributed by atoms with Crippen LogP contribution >= 0.6 is 0 Å². The Morgan fingerprint density at radius 3 is 2.52 bits per heavy atom. The predicted octanol–water partition coefficient (Wildman–Crippen LogP) is 3.44. The van der Waals surface area contributed by atoms with Crippen molar-refractivity contribution in [3.8, 4) is 11.1 Å². The van der Waals surface area contributed by atoms with Crippen molar-refractivity contribution < 1.29 is 9.53 Å². The largest absolute Gasteiger partial charge is 0.381 e. The number of carbonyl (C=O) groups excluding carboxylic acids is 1. The molecular weight excluding hydrogens is 286 g/mol. The first kappa shape index (κ1) is 15.8. The molecule has 1 aliphatic rings. The summed E-state index contributed by atoms with van der Waals surface area (Å²) in [4.78, 5) is 12.1. The van der Waals surface area contributed by atoms with Gasteiger partial charge in [0.05, 0.1) is 0 Å². The summed E-state index contributed by atoms with van der Waals surface area (Å²) in [5.41, 5.74) is 3.69. The average molecular weight is 309 g/mol. The van der Waals surface area contributed by atoms with E-state index in [9.17, 15) is 4.79 Å². The molecule has 1 saturated heterocycles. The lowest BCUT2D eigenvalue weighted by Gasteiger charge is -2.21. The van der Waals surface area contributed by atoms with Gasteiger partial charge in [-0.1, -0.05) is 54.6 Å². The Morgan fingerprint density at radius 2 is 1.74 bits per heavy atom. The third-order valence-corrected chi connectivity index (χ3v) is 4.34. The van der Waals surface area contributed by atoms with E-state index in [4.69, 9.17) is 4.74 Å². The Labute approximate surface area is 137 Å². The molecule has 2 aromatic carbocycles. The zero-order chi connectivity index (χ0) is 15.9. The predicted molar refractivity (Wildman–Crippen MR) is 92.1 cm³/mol. The van der Waals surface area contributed by atoms with Crippen LogP contribution in [0.1, 0.15) is 18.4 Å². The molecule has 0 saturated carbocycles. The maximum atomic E-state index is 12.1. The lowest BCUT2D eigenvalue weighted by molar-refractivity contribution is -0.127. The normalized spacial score (nSPS) is 15.3. The fourth-order valence-corrected chi connectivity index (χ4v) is 2.97. The lowest BCUT2D eigenvalue weighted by atomic mass is 9.99. The van der Waals surface area contributed by atoms with Gasteiger partial charge in [-0.15, -0.1) is 0 Å². The Kier molecular flexibility index (Phi) is 5.43. The van der Waals surface area contributed by atoms with E-state index in [0.717, 1.165) is 19.3 Å². The van der Waals surface area contributed by atoms with Gasteiger partial charge in [0.15, 0.2) is 0 Å². The summed E-state index contributed by atoms with van der Waals surface area (Å²) >= 11 is 0. The number of benzene rings is 2. The minimum Gasteiger partial charge on any atom is -0.381 e. The molecule has 1 amide bonds. The van der Waals surface area contributed by atoms with E-state index in [2.05, 4.69) is 53.8 Å². The quantitative estimate of drug-likeness (QED) is 0.919. The van der Waals surface area contributed by atoms with Crippen LogP contribution in [-0.4, -0.2) is 25.7 Å². The van der Waals surface area contributed by atoms with Gasteiger partial charge in [0, 0.05) is 25.7 Å². The van der Waals surface area contributed by atoms with Crippen LogP contribution in [0.15, 0.2) is 54.6 Å². The van der Waals surface area contributed by atoms with Gasteiger partial charge in [0.25, 0.3) is 0 Å². The van der Waals surface area contributed by atoms with Crippen LogP contribution in [0.25, 0.3) is 11.1 Å². The van der Waals surface area contributed by atoms with Crippen molar-refractivity contribution in [3.63, 3.8) is 0 Å². The molecule has 0 spiro atoms. The summed E-state index contributed by atoms with van der Waals surface area (Å²) < 4.78 is 5.30. The summed E-state index contributed by atoms with van der Waals surface area (Å²) in [6, 6.07) is 18.9. The minimum atomic E-state index is 0.124. The van der Waals surface area contributed by atoms with Gasteiger partial charge in [0.2, 0.25) is 5.91 Å². The summed E-state index contributed by atoms with van der Waals surface area (Å²) in [6.45, 7) is 2.10. The molecule has 0 bridgehead atoms. The highest BCUT2D eigenvalue weighted by Gasteiger charge is 2.20. The maximum absolute atomic E-state index is 12.1. The van der Waals surface area contributed by atoms with Crippen LogP contribution in [0.4, 0.5) is 0 Å². The smallest absolute Gasteiger partial charge is 0.223 e. The Bertz CT molecular complexity index is 633. The van der Waals surface area contributed by atoms with Crippen LogP contribution in [0.5, 0.6) is 0 Å². The van der Waals surface area contributed by atoms with Crippen molar-refractivity contribution in [3.05, 3.63) is 60.2 Å². The van der Waals surface area contributed by atoms with E-state index in [1.807, 2.05) is 6.07 Å². The van der Waals surface area contributed by atoms with Crippen molar-refractivity contribution >= 4 is 5.91 Å². The summed E-state index contributed by atoms with van der Waals surface area (Å²) in [6.07, 6.45) is 2.54. The van der Waals surface area contributed by atoms with Crippen molar-refractivity contribution in [2.75, 3.05) is 19.8 Å². The number of amides is 1. The number of nitrogens with one attached hydrogen (secondary N) is 1. The second-order valence-electron chi connectivity index (χ2n) is 5.99. The van der Waals surface area contributed by atoms with Gasteiger partial charge >= 0.3 is 0 Å². The lowest BCUT2D eigenvalue weighted by Crippen LogP contribution is -2.35. The van der Waals surface area contributed by atoms with Crippen LogP contribution in [0, 0.1) is 5.92 Å². The zero-order valence-electron chi connectivity index (χ0n) is 13.3. The molecule has 23 heavy (non-hydrogen) atoms. The van der Waals surface area contributed by atoms with E-state index in [1.54, 1.807) is 0 Å². The van der Waals surface area contributed by atoms with E-state index in [1.165, 1.54) is 16.7 Å². The average Bonchev–Trinajstić information content (AvgIpc) is 2.63. The molecule has 0 radical (unpaired) electrons. The first-order valence-corrected chi connectivity index (χ1v) is 8.33. The van der Waals surface area contributed by atoms with Gasteiger partial charge in [0.1, 0.15) is 0 Å². The molecule has 1 fully saturated rings. The number of hydrogen-bond donors (Lipinski definition) is 1. The van der Waals surface area contributed by atoms with Crippen molar-refractivity contribution in [1.82, 2.24) is 5.32 Å². The third-order valence-electron chi connectivity index (χ3n) is 4.34. The van der Waals surface area contributed by atoms with Crippen LogP contribution in [0.2, 0.25) is 0 Å². The summed E-state index contributed by atoms with van der Waals surface area (Å²) in [7, 11) is 0. The number of carbonyl (C=O) groups is 1. The second kappa shape index (κ2) is 7.93. The van der Waals surface area contributed by atoms with Crippen molar-refractivity contribution in [1.29, 1.82) is 0 Å². The fourth-order valence-electron chi connectivity index (χ4n) is 2.97. The summed E-state index contributed by atoms with van der Waals surface area (Å²) in [5.74, 6) is 0.298. The molecule has 3 nitrogen and oxygen atoms in total. The molecule has 1 N–H and O–H groups in total. The van der Waals surface area contributed by atoms with Crippen LogP contribution < -0.4 is 5.32 Å². The second-order valence-corrected chi connectivity index (χ2v) is 5.99. The highest BCUT2D eigenvalue weighted by molar-refractivity contribution is 5.78. The van der Waals surface area contributed by atoms with Gasteiger partial charge in [-0.25, -0.2) is 0 Å². The number of hydrogen-bond acceptors (Lipinski definition) is 2. The minimum absolute atomic E-state index is 0.124. The first-order chi connectivity index (χ1) is 11.3. The highest BCUT2D eigenvalue weighted by Crippen LogP contribution is 2.20. The molecule has 3 rings (SSSR count). The molecule has 120 valence electrons. The van der Waals surface area contributed by atoms with Crippen LogP contribution in [-0.2, 0) is 16.0 Å². The molecule has 0 aromatic heterocycles. The number of rotatable bonds is 5. The SMILES string of the molecule is O=C(NCCc1cccc(-c2ccccc2)c1)C1CCOCC1. The molecule has 0 atom stereocenters. The molecular formula is C20H23NO2. The molecule has 0 aliphatic carbocycles. The van der Waals surface area contributed by atoms with Gasteiger partial charge in [-0.3, -0.25) is 4.79 Å². The van der Waals surface area contributed by atoms with E-state index >= 15 is 0 Å². The van der Waals surface area contributed by atoms with E-state index < -0.39 is 0 Å². The third kappa shape index (κ3) is 4.42. The van der Waals surface area contributed by atoms with Crippen LogP contribution in [0.3, 0.4) is 0 Å². The van der Waals surface area contributed by atoms with E-state index in [0.29, 0.717) is 19.8 Å². The first-order valence-electron chi connectivity index (χ1n) is 8.33. The molecule has 1 heterocycles. The highest BCUT2D eigenvalue weighted by atomic mass is 16.5. The molecule has 0 unspecified atom stereocenters. The standard InChI is InChI=1S/C20H23NO2/c22-20(18-10-13-23-14-11-18)21-12-9-16-5-4-8-19(15-16)17-6-2-1-3-7-17/h1-8,15,18H,9-14H2,(H,21,22). The summed E-state index contributed by atoms with van der Waals surface area (Å²) in [5, 5.41) is 3.07. The van der Waals surface area contributed by atoms with E-state index in [-0.39, 0.29) is 11.8 Å². The molecule has 2 aromatic rings. The van der Waals surface area contributed by atoms with Crippen molar-refractivity contribution in [2.24, 2.45) is 5.92 Å². The Morgan fingerprint density at radius 1 is 1.00 bits per heavy atom. The van der Waals surface area contributed by atoms with Crippen molar-refractivity contribution in [2.45, 2.75) is 19.3 Å². The fraction of sp³-hybridized carbons (Fsp3) is 0.350. The van der Waals surface area contributed by atoms with Gasteiger partial charge in [-0.05, 0) is 36.0 Å². The monoisotopic (exact) mass is 309 g/mol. The van der Waals surface area contributed by atoms with Gasteiger partial charge < -0.3 is 10.1 Å².